The average Bonchev–Trinajstić information content (AvgIpc) is 2.41. The van der Waals surface area contributed by atoms with Gasteiger partial charge in [0.1, 0.15) is 6.61 Å². The van der Waals surface area contributed by atoms with E-state index in [4.69, 9.17) is 14.6 Å². The van der Waals surface area contributed by atoms with Gasteiger partial charge in [-0.2, -0.15) is 0 Å². The van der Waals surface area contributed by atoms with Crippen LogP contribution >= 0.6 is 0 Å². The highest BCUT2D eigenvalue weighted by Gasteiger charge is 2.22. The molecule has 1 aliphatic rings. The Bertz CT molecular complexity index is 335. The van der Waals surface area contributed by atoms with Gasteiger partial charge in [0.25, 0.3) is 0 Å². The highest BCUT2D eigenvalue weighted by atomic mass is 16.8. The molecule has 0 aliphatic carbocycles. The van der Waals surface area contributed by atoms with Crippen molar-refractivity contribution in [1.82, 2.24) is 5.32 Å². The second kappa shape index (κ2) is 9.57. The van der Waals surface area contributed by atoms with Gasteiger partial charge in [-0.3, -0.25) is 4.79 Å². The Labute approximate surface area is 124 Å². The molecular weight excluding hydrogens is 278 g/mol. The molecule has 21 heavy (non-hydrogen) atoms. The number of rotatable bonds is 7. The Hall–Kier alpha value is -1.34. The van der Waals surface area contributed by atoms with Crippen molar-refractivity contribution in [3.63, 3.8) is 0 Å². The topological polar surface area (TPSA) is 94.1 Å². The van der Waals surface area contributed by atoms with Crippen molar-refractivity contribution in [2.24, 2.45) is 11.8 Å². The summed E-state index contributed by atoms with van der Waals surface area (Å²) in [5.41, 5.74) is 0. The second-order valence-electron chi connectivity index (χ2n) is 5.36. The van der Waals surface area contributed by atoms with Crippen LogP contribution in [-0.4, -0.2) is 50.3 Å². The van der Waals surface area contributed by atoms with E-state index >= 15 is 0 Å². The van der Waals surface area contributed by atoms with Crippen molar-refractivity contribution >= 4 is 12.1 Å². The van der Waals surface area contributed by atoms with Gasteiger partial charge in [-0.1, -0.05) is 6.92 Å². The lowest BCUT2D eigenvalue weighted by atomic mass is 9.85. The fraction of sp³-hybridized carbons (Fsp3) is 0.857. The molecule has 2 N–H and O–H groups in total. The van der Waals surface area contributed by atoms with Gasteiger partial charge < -0.3 is 24.6 Å². The molecule has 0 aromatic heterocycles. The van der Waals surface area contributed by atoms with Gasteiger partial charge in [0.15, 0.2) is 0 Å². The van der Waals surface area contributed by atoms with E-state index in [9.17, 15) is 9.59 Å². The van der Waals surface area contributed by atoms with Gasteiger partial charge in [-0.05, 0) is 31.1 Å². The molecule has 0 bridgehead atoms. The van der Waals surface area contributed by atoms with E-state index in [1.165, 1.54) is 7.11 Å². The minimum atomic E-state index is -1.38. The molecule has 3 unspecified atom stereocenters. The number of carbonyl (C=O) groups excluding carboxylic acids is 1. The van der Waals surface area contributed by atoms with Crippen LogP contribution in [0.15, 0.2) is 0 Å². The van der Waals surface area contributed by atoms with E-state index in [0.29, 0.717) is 31.4 Å². The van der Waals surface area contributed by atoms with Gasteiger partial charge in [-0.15, -0.1) is 0 Å². The third-order valence-electron chi connectivity index (χ3n) is 3.73. The third-order valence-corrected chi connectivity index (χ3v) is 3.73. The first-order chi connectivity index (χ1) is 10.0. The summed E-state index contributed by atoms with van der Waals surface area (Å²) < 4.78 is 14.9. The number of hydrogen-bond acceptors (Lipinski definition) is 5. The summed E-state index contributed by atoms with van der Waals surface area (Å²) in [6.07, 6.45) is 0.953. The summed E-state index contributed by atoms with van der Waals surface area (Å²) in [6.45, 7) is 3.26. The van der Waals surface area contributed by atoms with Gasteiger partial charge in [0.2, 0.25) is 12.2 Å². The molecule has 0 saturated carbocycles. The number of carbonyl (C=O) groups is 2. The van der Waals surface area contributed by atoms with Crippen molar-refractivity contribution in [3.05, 3.63) is 0 Å². The van der Waals surface area contributed by atoms with Crippen molar-refractivity contribution in [3.8, 4) is 0 Å². The lowest BCUT2D eigenvalue weighted by molar-refractivity contribution is -0.146. The Morgan fingerprint density at radius 1 is 1.52 bits per heavy atom. The Balaban J connectivity index is 2.34. The molecule has 0 radical (unpaired) electrons. The van der Waals surface area contributed by atoms with Gasteiger partial charge in [-0.25, -0.2) is 4.79 Å². The van der Waals surface area contributed by atoms with E-state index in [2.05, 4.69) is 17.0 Å². The van der Waals surface area contributed by atoms with E-state index < -0.39 is 12.4 Å². The van der Waals surface area contributed by atoms with Crippen LogP contribution in [0.5, 0.6) is 0 Å². The van der Waals surface area contributed by atoms with Crippen LogP contribution in [0.3, 0.4) is 0 Å². The van der Waals surface area contributed by atoms with Crippen molar-refractivity contribution < 1.29 is 28.9 Å². The van der Waals surface area contributed by atoms with Crippen LogP contribution in [0.4, 0.5) is 4.79 Å². The normalized spacial score (nSPS) is 24.6. The number of carboxylic acid groups (broad SMARTS) is 1. The molecule has 1 saturated heterocycles. The predicted molar refractivity (Wildman–Crippen MR) is 74.9 cm³/mol. The minimum Gasteiger partial charge on any atom is -0.450 e. The summed E-state index contributed by atoms with van der Waals surface area (Å²) in [6, 6.07) is 0. The van der Waals surface area contributed by atoms with Gasteiger partial charge in [0.05, 0.1) is 6.61 Å². The number of ether oxygens (including phenoxy) is 3. The predicted octanol–water partition coefficient (Wildman–Crippen LogP) is 1.61. The summed E-state index contributed by atoms with van der Waals surface area (Å²) in [5, 5.41) is 11.5. The summed E-state index contributed by atoms with van der Waals surface area (Å²) in [5.74, 6) is 0.935. The van der Waals surface area contributed by atoms with E-state index in [-0.39, 0.29) is 12.5 Å². The Kier molecular flexibility index (Phi) is 8.07. The molecule has 7 nitrogen and oxygen atoms in total. The summed E-state index contributed by atoms with van der Waals surface area (Å²) in [7, 11) is 1.46. The monoisotopic (exact) mass is 303 g/mol. The summed E-state index contributed by atoms with van der Waals surface area (Å²) in [4.78, 5) is 21.9. The highest BCUT2D eigenvalue weighted by molar-refractivity contribution is 5.75. The summed E-state index contributed by atoms with van der Waals surface area (Å²) >= 11 is 0. The Morgan fingerprint density at radius 3 is 2.95 bits per heavy atom. The molecule has 0 spiro atoms. The lowest BCUT2D eigenvalue weighted by Gasteiger charge is -2.27. The molecule has 1 rings (SSSR count). The van der Waals surface area contributed by atoms with E-state index in [0.717, 1.165) is 19.3 Å². The van der Waals surface area contributed by atoms with Gasteiger partial charge in [0, 0.05) is 20.1 Å². The molecule has 3 atom stereocenters. The number of amides is 1. The average molecular weight is 303 g/mol. The molecule has 1 heterocycles. The zero-order valence-electron chi connectivity index (χ0n) is 12.7. The standard InChI is InChI=1S/C14H25NO6/c1-10-8-15-12(16)5-3-4-11(10)6-7-20-13(9-19-2)21-14(17)18/h10-11,13H,3-9H2,1-2H3,(H,15,16)(H,17,18). The smallest absolute Gasteiger partial charge is 0.450 e. The molecular formula is C14H25NO6. The zero-order valence-corrected chi connectivity index (χ0v) is 12.7. The molecule has 1 aliphatic heterocycles. The van der Waals surface area contributed by atoms with Crippen LogP contribution in [0.1, 0.15) is 32.6 Å². The first kappa shape index (κ1) is 17.7. The van der Waals surface area contributed by atoms with E-state index in [1.54, 1.807) is 0 Å². The first-order valence-corrected chi connectivity index (χ1v) is 7.29. The van der Waals surface area contributed by atoms with E-state index in [1.807, 2.05) is 0 Å². The maximum Gasteiger partial charge on any atom is 0.508 e. The van der Waals surface area contributed by atoms with Crippen LogP contribution in [-0.2, 0) is 19.0 Å². The van der Waals surface area contributed by atoms with Crippen molar-refractivity contribution in [1.29, 1.82) is 0 Å². The number of nitrogens with one attached hydrogen (secondary N) is 1. The van der Waals surface area contributed by atoms with Crippen LogP contribution in [0, 0.1) is 11.8 Å². The first-order valence-electron chi connectivity index (χ1n) is 7.29. The number of methoxy groups -OCH3 is 1. The fourth-order valence-corrected chi connectivity index (χ4v) is 2.48. The minimum absolute atomic E-state index is 0.0720. The molecule has 7 heteroatoms. The zero-order chi connectivity index (χ0) is 15.7. The molecule has 122 valence electrons. The largest absolute Gasteiger partial charge is 0.508 e. The van der Waals surface area contributed by atoms with Gasteiger partial charge >= 0.3 is 6.16 Å². The highest BCUT2D eigenvalue weighted by Crippen LogP contribution is 2.24. The van der Waals surface area contributed by atoms with Crippen molar-refractivity contribution in [2.45, 2.75) is 38.9 Å². The maximum atomic E-state index is 11.3. The quantitative estimate of drug-likeness (QED) is 0.548. The van der Waals surface area contributed by atoms with Crippen LogP contribution in [0.25, 0.3) is 0 Å². The van der Waals surface area contributed by atoms with Crippen molar-refractivity contribution in [2.75, 3.05) is 26.9 Å². The third kappa shape index (κ3) is 7.29. The fourth-order valence-electron chi connectivity index (χ4n) is 2.48. The lowest BCUT2D eigenvalue weighted by Crippen LogP contribution is -2.34. The molecule has 0 aromatic rings. The second-order valence-corrected chi connectivity index (χ2v) is 5.36. The van der Waals surface area contributed by atoms with Crippen LogP contribution in [0.2, 0.25) is 0 Å². The Morgan fingerprint density at radius 2 is 2.29 bits per heavy atom. The number of hydrogen-bond donors (Lipinski definition) is 2. The molecule has 1 amide bonds. The molecule has 0 aromatic carbocycles. The molecule has 1 fully saturated rings. The van der Waals surface area contributed by atoms with Crippen LogP contribution < -0.4 is 5.32 Å². The maximum absolute atomic E-state index is 11.3. The SMILES string of the molecule is COCC(OCCC1CCCC(=O)NCC1C)OC(=O)O.